The SMILES string of the molecule is CCOC(=O)C1=C(CS(=O)(=O)c2ccc(F)cc2)NC(=O)NC1c1ccc(OCC)c(OC)c1. The number of carbonyl (C=O) groups is 2. The molecular weight excluding hydrogens is 467 g/mol. The molecule has 1 atom stereocenters. The minimum absolute atomic E-state index is 0.0353. The van der Waals surface area contributed by atoms with E-state index in [-0.39, 0.29) is 22.8 Å². The summed E-state index contributed by atoms with van der Waals surface area (Å²) in [6.07, 6.45) is 0. The molecule has 0 aromatic heterocycles. The van der Waals surface area contributed by atoms with Crippen LogP contribution in [0, 0.1) is 5.82 Å². The van der Waals surface area contributed by atoms with Crippen LogP contribution < -0.4 is 20.1 Å². The van der Waals surface area contributed by atoms with E-state index < -0.39 is 39.4 Å². The summed E-state index contributed by atoms with van der Waals surface area (Å²) in [7, 11) is -2.58. The van der Waals surface area contributed by atoms with E-state index in [4.69, 9.17) is 14.2 Å². The first-order valence-electron chi connectivity index (χ1n) is 10.5. The lowest BCUT2D eigenvalue weighted by Gasteiger charge is -2.29. The number of nitrogens with one attached hydrogen (secondary N) is 2. The van der Waals surface area contributed by atoms with Crippen molar-refractivity contribution >= 4 is 21.8 Å². The number of esters is 1. The molecule has 0 aliphatic carbocycles. The molecule has 3 rings (SSSR count). The fourth-order valence-electron chi connectivity index (χ4n) is 3.49. The van der Waals surface area contributed by atoms with Gasteiger partial charge in [0.2, 0.25) is 0 Å². The summed E-state index contributed by atoms with van der Waals surface area (Å²) in [6, 6.07) is 7.41. The van der Waals surface area contributed by atoms with E-state index in [1.54, 1.807) is 25.1 Å². The lowest BCUT2D eigenvalue weighted by molar-refractivity contribution is -0.139. The van der Waals surface area contributed by atoms with Gasteiger partial charge < -0.3 is 24.8 Å². The fraction of sp³-hybridized carbons (Fsp3) is 0.304. The Balaban J connectivity index is 2.10. The largest absolute Gasteiger partial charge is 0.493 e. The highest BCUT2D eigenvalue weighted by Gasteiger charge is 2.36. The topological polar surface area (TPSA) is 120 Å². The average Bonchev–Trinajstić information content (AvgIpc) is 2.79. The third-order valence-corrected chi connectivity index (χ3v) is 6.64. The highest BCUT2D eigenvalue weighted by molar-refractivity contribution is 7.91. The molecule has 0 fully saturated rings. The van der Waals surface area contributed by atoms with Gasteiger partial charge in [-0.25, -0.2) is 22.4 Å². The molecule has 0 saturated carbocycles. The first kappa shape index (κ1) is 25.0. The van der Waals surface area contributed by atoms with Crippen molar-refractivity contribution in [3.8, 4) is 11.5 Å². The molecule has 2 aromatic rings. The zero-order valence-electron chi connectivity index (χ0n) is 18.9. The number of carbonyl (C=O) groups excluding carboxylic acids is 2. The number of halogens is 1. The third-order valence-electron chi connectivity index (χ3n) is 4.98. The zero-order valence-corrected chi connectivity index (χ0v) is 19.7. The van der Waals surface area contributed by atoms with Gasteiger partial charge in [-0.3, -0.25) is 0 Å². The number of methoxy groups -OCH3 is 1. The molecule has 1 aliphatic heterocycles. The zero-order chi connectivity index (χ0) is 24.9. The highest BCUT2D eigenvalue weighted by atomic mass is 32.2. The van der Waals surface area contributed by atoms with Crippen molar-refractivity contribution in [2.45, 2.75) is 24.8 Å². The third kappa shape index (κ3) is 5.48. The molecule has 2 N–H and O–H groups in total. The number of amides is 2. The second-order valence-electron chi connectivity index (χ2n) is 7.20. The molecule has 2 aromatic carbocycles. The predicted molar refractivity (Wildman–Crippen MR) is 121 cm³/mol. The van der Waals surface area contributed by atoms with Crippen molar-refractivity contribution in [1.82, 2.24) is 10.6 Å². The van der Waals surface area contributed by atoms with Crippen molar-refractivity contribution in [1.29, 1.82) is 0 Å². The molecule has 0 radical (unpaired) electrons. The molecule has 9 nitrogen and oxygen atoms in total. The van der Waals surface area contributed by atoms with Crippen LogP contribution in [0.15, 0.2) is 58.6 Å². The Morgan fingerprint density at radius 3 is 2.38 bits per heavy atom. The Hall–Kier alpha value is -3.60. The molecule has 34 heavy (non-hydrogen) atoms. The maximum absolute atomic E-state index is 13.3. The van der Waals surface area contributed by atoms with E-state index in [0.717, 1.165) is 24.3 Å². The van der Waals surface area contributed by atoms with Gasteiger partial charge in [0.25, 0.3) is 0 Å². The van der Waals surface area contributed by atoms with Gasteiger partial charge in [0.15, 0.2) is 21.3 Å². The number of hydrogen-bond donors (Lipinski definition) is 2. The molecule has 2 amide bonds. The van der Waals surface area contributed by atoms with Gasteiger partial charge in [-0.15, -0.1) is 0 Å². The van der Waals surface area contributed by atoms with Gasteiger partial charge in [0.1, 0.15) is 5.82 Å². The maximum atomic E-state index is 13.3. The van der Waals surface area contributed by atoms with Crippen LogP contribution in [0.5, 0.6) is 11.5 Å². The quantitative estimate of drug-likeness (QED) is 0.408. The number of hydrogen-bond acceptors (Lipinski definition) is 7. The summed E-state index contributed by atoms with van der Waals surface area (Å²) >= 11 is 0. The standard InChI is InChI=1S/C23H25FN2O7S/c1-4-32-18-11-6-14(12-19(18)31-3)21-20(22(27)33-5-2)17(25-23(28)26-21)13-34(29,30)16-9-7-15(24)8-10-16/h6-12,21H,4-5,13H2,1-3H3,(H2,25,26,28). The Kier molecular flexibility index (Phi) is 7.77. The van der Waals surface area contributed by atoms with Gasteiger partial charge in [-0.1, -0.05) is 6.07 Å². The van der Waals surface area contributed by atoms with Crippen LogP contribution in [0.1, 0.15) is 25.5 Å². The minimum atomic E-state index is -4.03. The van der Waals surface area contributed by atoms with Gasteiger partial charge in [-0.05, 0) is 55.8 Å². The number of ether oxygens (including phenoxy) is 3. The van der Waals surface area contributed by atoms with Gasteiger partial charge in [0, 0.05) is 5.70 Å². The number of benzene rings is 2. The van der Waals surface area contributed by atoms with Crippen molar-refractivity contribution < 1.29 is 36.6 Å². The average molecular weight is 493 g/mol. The van der Waals surface area contributed by atoms with Crippen LogP contribution in [0.25, 0.3) is 0 Å². The molecule has 182 valence electrons. The molecule has 11 heteroatoms. The normalized spacial score (nSPS) is 15.9. The second kappa shape index (κ2) is 10.6. The Morgan fingerprint density at radius 2 is 1.76 bits per heavy atom. The summed E-state index contributed by atoms with van der Waals surface area (Å²) in [5.74, 6) is -1.25. The molecule has 1 aliphatic rings. The van der Waals surface area contributed by atoms with Crippen molar-refractivity contribution in [2.75, 3.05) is 26.1 Å². The first-order valence-corrected chi connectivity index (χ1v) is 12.1. The fourth-order valence-corrected chi connectivity index (χ4v) is 4.81. The Labute approximate surface area is 196 Å². The molecule has 0 saturated heterocycles. The van der Waals surface area contributed by atoms with Crippen LogP contribution >= 0.6 is 0 Å². The van der Waals surface area contributed by atoms with Gasteiger partial charge in [0.05, 0.1) is 42.6 Å². The summed E-state index contributed by atoms with van der Waals surface area (Å²) in [6.45, 7) is 3.86. The monoisotopic (exact) mass is 492 g/mol. The lowest BCUT2D eigenvalue weighted by atomic mass is 9.95. The lowest BCUT2D eigenvalue weighted by Crippen LogP contribution is -2.47. The van der Waals surface area contributed by atoms with Crippen LogP contribution in [0.4, 0.5) is 9.18 Å². The van der Waals surface area contributed by atoms with Crippen LogP contribution in [-0.2, 0) is 19.4 Å². The molecule has 1 unspecified atom stereocenters. The van der Waals surface area contributed by atoms with Crippen LogP contribution in [0.3, 0.4) is 0 Å². The van der Waals surface area contributed by atoms with E-state index in [2.05, 4.69) is 10.6 Å². The van der Waals surface area contributed by atoms with E-state index in [9.17, 15) is 22.4 Å². The second-order valence-corrected chi connectivity index (χ2v) is 9.19. The van der Waals surface area contributed by atoms with E-state index >= 15 is 0 Å². The Bertz CT molecular complexity index is 1210. The molecule has 1 heterocycles. The van der Waals surface area contributed by atoms with Crippen molar-refractivity contribution in [2.24, 2.45) is 0 Å². The van der Waals surface area contributed by atoms with Crippen molar-refractivity contribution in [3.05, 3.63) is 65.1 Å². The molecule has 0 bridgehead atoms. The number of rotatable bonds is 9. The summed E-state index contributed by atoms with van der Waals surface area (Å²) in [5, 5.41) is 5.06. The smallest absolute Gasteiger partial charge is 0.338 e. The van der Waals surface area contributed by atoms with Crippen molar-refractivity contribution in [3.63, 3.8) is 0 Å². The number of sulfone groups is 1. The molecule has 0 spiro atoms. The maximum Gasteiger partial charge on any atom is 0.338 e. The van der Waals surface area contributed by atoms with E-state index in [1.807, 2.05) is 6.92 Å². The molecular formula is C23H25FN2O7S. The van der Waals surface area contributed by atoms with E-state index in [1.165, 1.54) is 7.11 Å². The first-order chi connectivity index (χ1) is 16.2. The van der Waals surface area contributed by atoms with E-state index in [0.29, 0.717) is 23.7 Å². The number of urea groups is 1. The Morgan fingerprint density at radius 1 is 1.06 bits per heavy atom. The predicted octanol–water partition coefficient (Wildman–Crippen LogP) is 2.88. The van der Waals surface area contributed by atoms with Crippen LogP contribution in [0.2, 0.25) is 0 Å². The minimum Gasteiger partial charge on any atom is -0.493 e. The van der Waals surface area contributed by atoms with Crippen LogP contribution in [-0.4, -0.2) is 46.5 Å². The highest BCUT2D eigenvalue weighted by Crippen LogP contribution is 2.35. The van der Waals surface area contributed by atoms with Gasteiger partial charge >= 0.3 is 12.0 Å². The summed E-state index contributed by atoms with van der Waals surface area (Å²) in [5.41, 5.74) is 0.248. The summed E-state index contributed by atoms with van der Waals surface area (Å²) in [4.78, 5) is 25.2. The van der Waals surface area contributed by atoms with Gasteiger partial charge in [-0.2, -0.15) is 0 Å². The summed E-state index contributed by atoms with van der Waals surface area (Å²) < 4.78 is 55.3.